The summed E-state index contributed by atoms with van der Waals surface area (Å²) in [4.78, 5) is 8.08. The summed E-state index contributed by atoms with van der Waals surface area (Å²) in [6.45, 7) is 3.68. The van der Waals surface area contributed by atoms with Crippen molar-refractivity contribution in [3.05, 3.63) is 41.8 Å². The molecule has 16 heavy (non-hydrogen) atoms. The van der Waals surface area contributed by atoms with Crippen LogP contribution in [0.1, 0.15) is 17.0 Å². The standard InChI is InChI=1S/C11H14N4O/c1-9-4-10(7-13-5-9)6-12-3-2-11-14-8-16-15-11/h4-5,7-8,12H,2-3,6H2,1H3. The van der Waals surface area contributed by atoms with E-state index in [-0.39, 0.29) is 0 Å². The molecule has 0 unspecified atom stereocenters. The first-order valence-corrected chi connectivity index (χ1v) is 5.21. The highest BCUT2D eigenvalue weighted by molar-refractivity contribution is 5.16. The number of nitrogens with one attached hydrogen (secondary N) is 1. The summed E-state index contributed by atoms with van der Waals surface area (Å²) in [7, 11) is 0. The van der Waals surface area contributed by atoms with Gasteiger partial charge in [-0.15, -0.1) is 0 Å². The molecule has 0 atom stereocenters. The van der Waals surface area contributed by atoms with Crippen LogP contribution in [0.5, 0.6) is 0 Å². The van der Waals surface area contributed by atoms with Crippen molar-refractivity contribution < 1.29 is 4.52 Å². The van der Waals surface area contributed by atoms with Crippen molar-refractivity contribution in [2.24, 2.45) is 0 Å². The summed E-state index contributed by atoms with van der Waals surface area (Å²) in [5.74, 6) is 0.731. The Morgan fingerprint density at radius 2 is 2.31 bits per heavy atom. The average molecular weight is 218 g/mol. The van der Waals surface area contributed by atoms with Crippen LogP contribution in [-0.2, 0) is 13.0 Å². The first-order chi connectivity index (χ1) is 7.84. The van der Waals surface area contributed by atoms with Crippen LogP contribution < -0.4 is 5.32 Å². The Hall–Kier alpha value is -1.75. The maximum Gasteiger partial charge on any atom is 0.213 e. The molecule has 0 aliphatic heterocycles. The van der Waals surface area contributed by atoms with Crippen molar-refractivity contribution in [1.82, 2.24) is 20.4 Å². The zero-order valence-electron chi connectivity index (χ0n) is 9.18. The van der Waals surface area contributed by atoms with E-state index in [2.05, 4.69) is 31.0 Å². The molecule has 2 rings (SSSR count). The van der Waals surface area contributed by atoms with Crippen LogP contribution in [-0.4, -0.2) is 21.7 Å². The highest BCUT2D eigenvalue weighted by Crippen LogP contribution is 2.00. The second-order valence-corrected chi connectivity index (χ2v) is 3.64. The zero-order valence-corrected chi connectivity index (χ0v) is 9.18. The molecule has 2 aromatic rings. The Morgan fingerprint density at radius 1 is 1.38 bits per heavy atom. The second-order valence-electron chi connectivity index (χ2n) is 3.64. The average Bonchev–Trinajstić information content (AvgIpc) is 2.77. The van der Waals surface area contributed by atoms with E-state index in [0.717, 1.165) is 25.3 Å². The predicted octanol–water partition coefficient (Wildman–Crippen LogP) is 1.11. The summed E-state index contributed by atoms with van der Waals surface area (Å²) >= 11 is 0. The fourth-order valence-electron chi connectivity index (χ4n) is 1.45. The molecule has 0 aliphatic rings. The summed E-state index contributed by atoms with van der Waals surface area (Å²) in [5.41, 5.74) is 2.37. The van der Waals surface area contributed by atoms with Gasteiger partial charge in [-0.05, 0) is 18.1 Å². The van der Waals surface area contributed by atoms with Crippen molar-refractivity contribution in [1.29, 1.82) is 0 Å². The lowest BCUT2D eigenvalue weighted by Gasteiger charge is -2.03. The molecule has 5 heteroatoms. The molecule has 1 N–H and O–H groups in total. The molecule has 0 bridgehead atoms. The van der Waals surface area contributed by atoms with Gasteiger partial charge in [0.25, 0.3) is 0 Å². The van der Waals surface area contributed by atoms with Crippen LogP contribution in [0.2, 0.25) is 0 Å². The number of rotatable bonds is 5. The predicted molar refractivity (Wildman–Crippen MR) is 58.7 cm³/mol. The summed E-state index contributed by atoms with van der Waals surface area (Å²) in [5, 5.41) is 7.04. The van der Waals surface area contributed by atoms with Gasteiger partial charge in [-0.2, -0.15) is 4.98 Å². The molecule has 0 amide bonds. The van der Waals surface area contributed by atoms with E-state index in [1.165, 1.54) is 17.5 Å². The molecule has 0 saturated carbocycles. The quantitative estimate of drug-likeness (QED) is 0.761. The minimum atomic E-state index is 0.731. The highest BCUT2D eigenvalue weighted by atomic mass is 16.5. The highest BCUT2D eigenvalue weighted by Gasteiger charge is 1.98. The van der Waals surface area contributed by atoms with Crippen molar-refractivity contribution in [3.8, 4) is 0 Å². The van der Waals surface area contributed by atoms with Gasteiger partial charge >= 0.3 is 0 Å². The van der Waals surface area contributed by atoms with Crippen LogP contribution >= 0.6 is 0 Å². The second kappa shape index (κ2) is 5.37. The van der Waals surface area contributed by atoms with Gasteiger partial charge in [0.05, 0.1) is 0 Å². The van der Waals surface area contributed by atoms with Crippen LogP contribution in [0.4, 0.5) is 0 Å². The lowest BCUT2D eigenvalue weighted by molar-refractivity contribution is 0.409. The Kier molecular flexibility index (Phi) is 3.61. The van der Waals surface area contributed by atoms with Crippen LogP contribution in [0.3, 0.4) is 0 Å². The number of aromatic nitrogens is 3. The third-order valence-corrected chi connectivity index (χ3v) is 2.19. The van der Waals surface area contributed by atoms with Gasteiger partial charge in [-0.25, -0.2) is 0 Å². The lowest BCUT2D eigenvalue weighted by Crippen LogP contribution is -2.17. The Balaban J connectivity index is 1.72. The molecule has 0 aliphatic carbocycles. The minimum absolute atomic E-state index is 0.731. The zero-order chi connectivity index (χ0) is 11.2. The molecule has 0 fully saturated rings. The number of hydrogen-bond donors (Lipinski definition) is 1. The fourth-order valence-corrected chi connectivity index (χ4v) is 1.45. The maximum absolute atomic E-state index is 4.65. The Morgan fingerprint density at radius 3 is 3.06 bits per heavy atom. The van der Waals surface area contributed by atoms with Crippen molar-refractivity contribution in [2.45, 2.75) is 19.9 Å². The minimum Gasteiger partial charge on any atom is -0.343 e. The number of nitrogens with zero attached hydrogens (tertiary/aromatic N) is 3. The van der Waals surface area contributed by atoms with Crippen molar-refractivity contribution in [2.75, 3.05) is 6.54 Å². The normalized spacial score (nSPS) is 10.6. The molecule has 0 saturated heterocycles. The van der Waals surface area contributed by atoms with Crippen LogP contribution in [0.25, 0.3) is 0 Å². The fraction of sp³-hybridized carbons (Fsp3) is 0.364. The van der Waals surface area contributed by atoms with Gasteiger partial charge < -0.3 is 9.84 Å². The van der Waals surface area contributed by atoms with Gasteiger partial charge in [0, 0.05) is 31.9 Å². The summed E-state index contributed by atoms with van der Waals surface area (Å²) in [6, 6.07) is 2.12. The number of hydrogen-bond acceptors (Lipinski definition) is 5. The lowest BCUT2D eigenvalue weighted by atomic mass is 10.2. The monoisotopic (exact) mass is 218 g/mol. The van der Waals surface area contributed by atoms with Gasteiger partial charge in [-0.1, -0.05) is 11.2 Å². The van der Waals surface area contributed by atoms with Crippen molar-refractivity contribution >= 4 is 0 Å². The van der Waals surface area contributed by atoms with Crippen LogP contribution in [0.15, 0.2) is 29.4 Å². The largest absolute Gasteiger partial charge is 0.343 e. The molecule has 0 aromatic carbocycles. The molecule has 84 valence electrons. The molecular formula is C11H14N4O. The SMILES string of the molecule is Cc1cncc(CNCCc2ncon2)c1. The first-order valence-electron chi connectivity index (χ1n) is 5.21. The third kappa shape index (κ3) is 3.13. The molecule has 2 heterocycles. The Bertz CT molecular complexity index is 427. The third-order valence-electron chi connectivity index (χ3n) is 2.19. The van der Waals surface area contributed by atoms with E-state index in [1.54, 1.807) is 0 Å². The van der Waals surface area contributed by atoms with E-state index >= 15 is 0 Å². The van der Waals surface area contributed by atoms with E-state index in [1.807, 2.05) is 19.3 Å². The van der Waals surface area contributed by atoms with Crippen LogP contribution in [0, 0.1) is 6.92 Å². The molecule has 5 nitrogen and oxygen atoms in total. The van der Waals surface area contributed by atoms with E-state index < -0.39 is 0 Å². The summed E-state index contributed by atoms with van der Waals surface area (Å²) < 4.78 is 4.65. The molecular weight excluding hydrogens is 204 g/mol. The maximum atomic E-state index is 4.65. The summed E-state index contributed by atoms with van der Waals surface area (Å²) in [6.07, 6.45) is 5.84. The molecule has 0 spiro atoms. The first kappa shape index (κ1) is 10.8. The molecule has 2 aromatic heterocycles. The Labute approximate surface area is 93.9 Å². The van der Waals surface area contributed by atoms with Gasteiger partial charge in [0.1, 0.15) is 0 Å². The molecule has 0 radical (unpaired) electrons. The van der Waals surface area contributed by atoms with E-state index in [9.17, 15) is 0 Å². The van der Waals surface area contributed by atoms with E-state index in [0.29, 0.717) is 0 Å². The van der Waals surface area contributed by atoms with E-state index in [4.69, 9.17) is 0 Å². The van der Waals surface area contributed by atoms with Gasteiger partial charge in [-0.3, -0.25) is 4.98 Å². The smallest absolute Gasteiger partial charge is 0.213 e. The topological polar surface area (TPSA) is 63.8 Å². The number of pyridine rings is 1. The van der Waals surface area contributed by atoms with Crippen molar-refractivity contribution in [3.63, 3.8) is 0 Å². The number of aryl methyl sites for hydroxylation is 1. The van der Waals surface area contributed by atoms with Gasteiger partial charge in [0.2, 0.25) is 6.39 Å². The van der Waals surface area contributed by atoms with Gasteiger partial charge in [0.15, 0.2) is 5.82 Å².